The molecule has 1 aromatic heterocycles. The van der Waals surface area contributed by atoms with Crippen LogP contribution in [-0.2, 0) is 0 Å². The number of nitrogens with one attached hydrogen (secondary N) is 1. The molecule has 1 atom stereocenters. The van der Waals surface area contributed by atoms with Gasteiger partial charge in [0, 0.05) is 23.0 Å². The first kappa shape index (κ1) is 13.1. The molecule has 0 spiro atoms. The number of fused-ring (bicyclic) bond motifs is 1. The predicted octanol–water partition coefficient (Wildman–Crippen LogP) is 5.49. The molecule has 0 aliphatic heterocycles. The van der Waals surface area contributed by atoms with Crippen LogP contribution < -0.4 is 0 Å². The van der Waals surface area contributed by atoms with Gasteiger partial charge in [-0.25, -0.2) is 0 Å². The van der Waals surface area contributed by atoms with Crippen LogP contribution in [0.3, 0.4) is 0 Å². The van der Waals surface area contributed by atoms with Crippen molar-refractivity contribution in [3.8, 4) is 0 Å². The van der Waals surface area contributed by atoms with Crippen LogP contribution in [0, 0.1) is 6.92 Å². The van der Waals surface area contributed by atoms with Gasteiger partial charge in [0.2, 0.25) is 0 Å². The lowest BCUT2D eigenvalue weighted by molar-refractivity contribution is 0.988. The highest BCUT2D eigenvalue weighted by molar-refractivity contribution is 5.88. The van der Waals surface area contributed by atoms with Gasteiger partial charge in [-0.15, -0.1) is 0 Å². The average Bonchev–Trinajstić information content (AvgIpc) is 3.20. The molecule has 0 amide bonds. The van der Waals surface area contributed by atoms with Crippen molar-refractivity contribution in [2.45, 2.75) is 19.3 Å². The van der Waals surface area contributed by atoms with E-state index in [2.05, 4.69) is 84.9 Å². The lowest BCUT2D eigenvalue weighted by atomic mass is 9.84. The molecule has 1 unspecified atom stereocenters. The number of benzene rings is 2. The molecule has 22 heavy (non-hydrogen) atoms. The third kappa shape index (κ3) is 2.10. The fraction of sp³-hybridized carbons (Fsp3) is 0.143. The van der Waals surface area contributed by atoms with E-state index in [9.17, 15) is 0 Å². The lowest BCUT2D eigenvalue weighted by Crippen LogP contribution is -2.02. The zero-order chi connectivity index (χ0) is 14.9. The number of aromatic amines is 1. The zero-order valence-corrected chi connectivity index (χ0v) is 12.7. The minimum absolute atomic E-state index is 0.301. The molecule has 1 heteroatoms. The van der Waals surface area contributed by atoms with E-state index in [1.807, 2.05) is 0 Å². The molecule has 1 heterocycles. The first-order chi connectivity index (χ1) is 10.8. The van der Waals surface area contributed by atoms with Gasteiger partial charge in [-0.05, 0) is 41.7 Å². The number of aryl methyl sites for hydroxylation is 1. The fourth-order valence-electron chi connectivity index (χ4n) is 3.51. The van der Waals surface area contributed by atoms with E-state index in [-0.39, 0.29) is 0 Å². The molecule has 1 aliphatic carbocycles. The third-order valence-corrected chi connectivity index (χ3v) is 4.52. The summed E-state index contributed by atoms with van der Waals surface area (Å²) in [6, 6.07) is 17.3. The highest BCUT2D eigenvalue weighted by Crippen LogP contribution is 2.39. The monoisotopic (exact) mass is 285 g/mol. The largest absolute Gasteiger partial charge is 0.361 e. The number of H-pyrrole nitrogens is 1. The summed E-state index contributed by atoms with van der Waals surface area (Å²) in [7, 11) is 0. The molecule has 0 saturated carbocycles. The van der Waals surface area contributed by atoms with E-state index in [4.69, 9.17) is 0 Å². The Morgan fingerprint density at radius 3 is 2.64 bits per heavy atom. The normalized spacial score (nSPS) is 15.2. The Morgan fingerprint density at radius 2 is 1.86 bits per heavy atom. The topological polar surface area (TPSA) is 15.8 Å². The minimum atomic E-state index is 0.301. The molecule has 0 radical (unpaired) electrons. The average molecular weight is 285 g/mol. The first-order valence-corrected chi connectivity index (χ1v) is 7.83. The van der Waals surface area contributed by atoms with E-state index in [1.54, 1.807) is 0 Å². The number of hydrogen-bond donors (Lipinski definition) is 1. The van der Waals surface area contributed by atoms with Gasteiger partial charge in [0.15, 0.2) is 0 Å². The number of hydrogen-bond acceptors (Lipinski definition) is 0. The Morgan fingerprint density at radius 1 is 1.00 bits per heavy atom. The van der Waals surface area contributed by atoms with Crippen LogP contribution in [0.15, 0.2) is 78.5 Å². The number of rotatable bonds is 3. The Balaban J connectivity index is 1.96. The Kier molecular flexibility index (Phi) is 3.19. The smallest absolute Gasteiger partial charge is 0.0459 e. The van der Waals surface area contributed by atoms with E-state index in [0.29, 0.717) is 5.92 Å². The van der Waals surface area contributed by atoms with Crippen molar-refractivity contribution in [3.63, 3.8) is 0 Å². The number of allylic oxidation sites excluding steroid dienone is 4. The van der Waals surface area contributed by atoms with Gasteiger partial charge in [-0.2, -0.15) is 0 Å². The molecule has 2 aromatic carbocycles. The van der Waals surface area contributed by atoms with Crippen molar-refractivity contribution in [1.29, 1.82) is 0 Å². The maximum Gasteiger partial charge on any atom is 0.0459 e. The summed E-state index contributed by atoms with van der Waals surface area (Å²) in [4.78, 5) is 3.45. The molecule has 4 rings (SSSR count). The summed E-state index contributed by atoms with van der Waals surface area (Å²) in [5, 5.41) is 1.36. The van der Waals surface area contributed by atoms with E-state index < -0.39 is 0 Å². The predicted molar refractivity (Wildman–Crippen MR) is 93.2 cm³/mol. The summed E-state index contributed by atoms with van der Waals surface area (Å²) < 4.78 is 0. The molecule has 1 N–H and O–H groups in total. The van der Waals surface area contributed by atoms with Crippen molar-refractivity contribution >= 4 is 10.9 Å². The summed E-state index contributed by atoms with van der Waals surface area (Å²) in [6.07, 6.45) is 10.1. The Bertz CT molecular complexity index is 865. The van der Waals surface area contributed by atoms with Crippen molar-refractivity contribution in [3.05, 3.63) is 95.2 Å². The fourth-order valence-corrected chi connectivity index (χ4v) is 3.51. The summed E-state index contributed by atoms with van der Waals surface area (Å²) in [5.41, 5.74) is 6.67. The van der Waals surface area contributed by atoms with Crippen LogP contribution in [0.1, 0.15) is 29.0 Å². The van der Waals surface area contributed by atoms with E-state index >= 15 is 0 Å². The highest BCUT2D eigenvalue weighted by Gasteiger charge is 2.22. The quantitative estimate of drug-likeness (QED) is 0.654. The minimum Gasteiger partial charge on any atom is -0.361 e. The lowest BCUT2D eigenvalue weighted by Gasteiger charge is -2.18. The van der Waals surface area contributed by atoms with Crippen LogP contribution in [-0.4, -0.2) is 4.98 Å². The van der Waals surface area contributed by atoms with Crippen molar-refractivity contribution in [2.24, 2.45) is 0 Å². The highest BCUT2D eigenvalue weighted by atomic mass is 14.7. The van der Waals surface area contributed by atoms with Gasteiger partial charge in [0.25, 0.3) is 0 Å². The van der Waals surface area contributed by atoms with E-state index in [0.717, 1.165) is 6.42 Å². The van der Waals surface area contributed by atoms with Gasteiger partial charge in [0.1, 0.15) is 0 Å². The molecule has 1 aliphatic rings. The SMILES string of the molecule is Cc1cccc2[nH]cc(C(C3=CCC=C3)c3ccccc3)c12. The van der Waals surface area contributed by atoms with Crippen molar-refractivity contribution < 1.29 is 0 Å². The molecular formula is C21H19N. The molecule has 0 fully saturated rings. The van der Waals surface area contributed by atoms with Gasteiger partial charge >= 0.3 is 0 Å². The maximum absolute atomic E-state index is 3.45. The zero-order valence-electron chi connectivity index (χ0n) is 12.7. The molecule has 1 nitrogen and oxygen atoms in total. The summed E-state index contributed by atoms with van der Waals surface area (Å²) in [6.45, 7) is 2.20. The Hall–Kier alpha value is -2.54. The molecule has 0 saturated heterocycles. The van der Waals surface area contributed by atoms with Gasteiger partial charge in [0.05, 0.1) is 0 Å². The molecule has 0 bridgehead atoms. The molecular weight excluding hydrogens is 266 g/mol. The summed E-state index contributed by atoms with van der Waals surface area (Å²) >= 11 is 0. The van der Waals surface area contributed by atoms with Crippen LogP contribution in [0.25, 0.3) is 10.9 Å². The van der Waals surface area contributed by atoms with Crippen molar-refractivity contribution in [2.75, 3.05) is 0 Å². The maximum atomic E-state index is 3.45. The molecule has 108 valence electrons. The van der Waals surface area contributed by atoms with Crippen LogP contribution >= 0.6 is 0 Å². The van der Waals surface area contributed by atoms with Gasteiger partial charge in [-0.3, -0.25) is 0 Å². The van der Waals surface area contributed by atoms with Crippen LogP contribution in [0.2, 0.25) is 0 Å². The van der Waals surface area contributed by atoms with Crippen molar-refractivity contribution in [1.82, 2.24) is 4.98 Å². The van der Waals surface area contributed by atoms with Gasteiger partial charge < -0.3 is 4.98 Å². The standard InChI is InChI=1S/C21H19N/c1-15-8-7-13-19-20(15)18(14-22-19)21(17-11-5-6-12-17)16-9-3-2-4-10-16/h2-5,7-14,21-22H,6H2,1H3. The number of aromatic nitrogens is 1. The van der Waals surface area contributed by atoms with E-state index in [1.165, 1.54) is 33.2 Å². The van der Waals surface area contributed by atoms with Crippen LogP contribution in [0.5, 0.6) is 0 Å². The second-order valence-corrected chi connectivity index (χ2v) is 5.93. The first-order valence-electron chi connectivity index (χ1n) is 7.83. The third-order valence-electron chi connectivity index (χ3n) is 4.52. The molecule has 3 aromatic rings. The summed E-state index contributed by atoms with van der Waals surface area (Å²) in [5.74, 6) is 0.301. The van der Waals surface area contributed by atoms with Crippen LogP contribution in [0.4, 0.5) is 0 Å². The second-order valence-electron chi connectivity index (χ2n) is 5.93. The second kappa shape index (κ2) is 5.34. The van der Waals surface area contributed by atoms with Gasteiger partial charge in [-0.1, -0.05) is 60.7 Å². The Labute approximate surface area is 131 Å².